The van der Waals surface area contributed by atoms with Crippen molar-refractivity contribution in [2.45, 2.75) is 64.3 Å². The van der Waals surface area contributed by atoms with Gasteiger partial charge in [-0.15, -0.1) is 0 Å². The van der Waals surface area contributed by atoms with Gasteiger partial charge in [0.2, 0.25) is 6.10 Å². The number of ketones is 1. The number of hydrogen-bond acceptors (Lipinski definition) is 10. The average molecular weight is 481 g/mol. The van der Waals surface area contributed by atoms with Crippen LogP contribution in [0, 0.1) is 40.4 Å². The number of allylic oxidation sites excluding steroid dienone is 1. The maximum absolute atomic E-state index is 13.2. The van der Waals surface area contributed by atoms with Crippen molar-refractivity contribution in [3.05, 3.63) is 11.6 Å². The van der Waals surface area contributed by atoms with Gasteiger partial charge in [-0.1, -0.05) is 19.4 Å². The number of hydrogen-bond donors (Lipinski definition) is 4. The van der Waals surface area contributed by atoms with Gasteiger partial charge < -0.3 is 34.6 Å². The first-order chi connectivity index (χ1) is 15.8. The SMILES string of the molecule is CC1=CC(=O)[C@@H](O)[C@]2(C)[C@H]3[C@@]4(O)OC[C@]35[C@H]([C@@H](C)[C@H]4O)[C@@H](OC(=O)[C@H](C)CO)C(=O)O[C@@H]5C[C@@H]12. The molecule has 3 aliphatic carbocycles. The van der Waals surface area contributed by atoms with Crippen molar-refractivity contribution in [3.8, 4) is 0 Å². The minimum atomic E-state index is -2.10. The predicted molar refractivity (Wildman–Crippen MR) is 112 cm³/mol. The number of ether oxygens (including phenoxy) is 3. The largest absolute Gasteiger partial charge is 0.459 e. The van der Waals surface area contributed by atoms with Crippen LogP contribution in [0.4, 0.5) is 0 Å². The summed E-state index contributed by atoms with van der Waals surface area (Å²) in [6.45, 7) is 6.02. The van der Waals surface area contributed by atoms with Gasteiger partial charge in [-0.3, -0.25) is 9.59 Å². The van der Waals surface area contributed by atoms with Gasteiger partial charge in [0.05, 0.1) is 19.1 Å². The van der Waals surface area contributed by atoms with Crippen molar-refractivity contribution in [2.75, 3.05) is 13.2 Å². The van der Waals surface area contributed by atoms with E-state index < -0.39 is 95.0 Å². The van der Waals surface area contributed by atoms with Crippen LogP contribution in [0.1, 0.15) is 34.1 Å². The summed E-state index contributed by atoms with van der Waals surface area (Å²) in [6.07, 6.45) is -3.42. The molecule has 2 bridgehead atoms. The summed E-state index contributed by atoms with van der Waals surface area (Å²) in [7, 11) is 0. The number of carbonyl (C=O) groups excluding carboxylic acids is 3. The zero-order valence-corrected chi connectivity index (χ0v) is 19.6. The molecule has 5 rings (SSSR count). The fourth-order valence-electron chi connectivity index (χ4n) is 8.05. The summed E-state index contributed by atoms with van der Waals surface area (Å²) in [6, 6.07) is 0. The van der Waals surface area contributed by atoms with Crippen molar-refractivity contribution in [1.82, 2.24) is 0 Å². The van der Waals surface area contributed by atoms with E-state index in [9.17, 15) is 34.8 Å². The molecule has 0 aromatic rings. The highest BCUT2D eigenvalue weighted by Crippen LogP contribution is 2.73. The molecule has 188 valence electrons. The van der Waals surface area contributed by atoms with E-state index in [0.717, 1.165) is 0 Å². The second-order valence-corrected chi connectivity index (χ2v) is 11.1. The van der Waals surface area contributed by atoms with Gasteiger partial charge in [-0.05, 0) is 38.2 Å². The van der Waals surface area contributed by atoms with Gasteiger partial charge in [0.25, 0.3) is 0 Å². The minimum absolute atomic E-state index is 0.103. The average Bonchev–Trinajstić information content (AvgIpc) is 3.08. The van der Waals surface area contributed by atoms with E-state index in [2.05, 4.69) is 0 Å². The summed E-state index contributed by atoms with van der Waals surface area (Å²) in [5.41, 5.74) is -1.64. The standard InChI is InChI=1S/C24H32O10/c1-9-5-13(26)18(28)22(4)12(9)6-14-23-8-32-24(31,21(22)23)17(27)11(3)15(23)16(20(30)33-14)34-19(29)10(2)7-25/h5,10-12,14-18,21,25,27-28,31H,6-8H2,1-4H3/t10-,11-,12+,14-,15-,16-,17-,18-,21-,22-,23+,24+/m1/s1. The van der Waals surface area contributed by atoms with E-state index >= 15 is 0 Å². The number of aliphatic hydroxyl groups is 4. The maximum atomic E-state index is 13.2. The molecular weight excluding hydrogens is 448 g/mol. The van der Waals surface area contributed by atoms with Crippen LogP contribution in [0.5, 0.6) is 0 Å². The molecule has 4 fully saturated rings. The lowest BCUT2D eigenvalue weighted by molar-refractivity contribution is -0.340. The quantitative estimate of drug-likeness (QED) is 0.381. The molecular formula is C24H32O10. The molecule has 0 radical (unpaired) electrons. The number of aliphatic hydroxyl groups excluding tert-OH is 3. The van der Waals surface area contributed by atoms with Crippen LogP contribution in [0.25, 0.3) is 0 Å². The monoisotopic (exact) mass is 480 g/mol. The third-order valence-electron chi connectivity index (χ3n) is 9.55. The zero-order valence-electron chi connectivity index (χ0n) is 19.6. The summed E-state index contributed by atoms with van der Waals surface area (Å²) >= 11 is 0. The smallest absolute Gasteiger partial charge is 0.348 e. The molecule has 1 spiro atoms. The third-order valence-corrected chi connectivity index (χ3v) is 9.55. The van der Waals surface area contributed by atoms with Crippen LogP contribution in [0.15, 0.2) is 11.6 Å². The fraction of sp³-hybridized carbons (Fsp3) is 0.792. The molecule has 2 saturated heterocycles. The summed E-state index contributed by atoms with van der Waals surface area (Å²) < 4.78 is 17.3. The van der Waals surface area contributed by atoms with Crippen molar-refractivity contribution < 1.29 is 49.0 Å². The minimum Gasteiger partial charge on any atom is -0.459 e. The van der Waals surface area contributed by atoms with Crippen LogP contribution in [0.3, 0.4) is 0 Å². The Morgan fingerprint density at radius 1 is 1.32 bits per heavy atom. The first-order valence-electron chi connectivity index (χ1n) is 11.8. The topological polar surface area (TPSA) is 160 Å². The highest BCUT2D eigenvalue weighted by molar-refractivity contribution is 5.96. The Morgan fingerprint density at radius 3 is 2.65 bits per heavy atom. The highest BCUT2D eigenvalue weighted by Gasteiger charge is 2.83. The van der Waals surface area contributed by atoms with Gasteiger partial charge in [0.15, 0.2) is 11.6 Å². The molecule has 2 aliphatic heterocycles. The van der Waals surface area contributed by atoms with Gasteiger partial charge in [0.1, 0.15) is 18.3 Å². The Bertz CT molecular complexity index is 977. The molecule has 10 heteroatoms. The van der Waals surface area contributed by atoms with E-state index in [1.54, 1.807) is 20.8 Å². The number of esters is 2. The molecule has 12 atom stereocenters. The molecule has 4 N–H and O–H groups in total. The van der Waals surface area contributed by atoms with Gasteiger partial charge in [-0.2, -0.15) is 0 Å². The Hall–Kier alpha value is -1.85. The molecule has 0 aromatic carbocycles. The van der Waals surface area contributed by atoms with E-state index in [4.69, 9.17) is 14.2 Å². The van der Waals surface area contributed by atoms with E-state index in [1.807, 2.05) is 0 Å². The zero-order chi connectivity index (χ0) is 25.0. The molecule has 2 heterocycles. The van der Waals surface area contributed by atoms with Crippen molar-refractivity contribution in [3.63, 3.8) is 0 Å². The molecule has 2 saturated carbocycles. The second kappa shape index (κ2) is 7.33. The maximum Gasteiger partial charge on any atom is 0.348 e. The second-order valence-electron chi connectivity index (χ2n) is 11.1. The van der Waals surface area contributed by atoms with Crippen molar-refractivity contribution in [2.24, 2.45) is 40.4 Å². The van der Waals surface area contributed by atoms with Crippen LogP contribution in [-0.2, 0) is 28.6 Å². The first kappa shape index (κ1) is 23.9. The molecule has 34 heavy (non-hydrogen) atoms. The summed E-state index contributed by atoms with van der Waals surface area (Å²) in [5.74, 6) is -7.96. The van der Waals surface area contributed by atoms with Crippen LogP contribution < -0.4 is 0 Å². The van der Waals surface area contributed by atoms with Crippen LogP contribution in [-0.4, -0.2) is 81.6 Å². The normalized spacial score (nSPS) is 52.2. The van der Waals surface area contributed by atoms with E-state index in [0.29, 0.717) is 5.57 Å². The number of rotatable bonds is 3. The highest BCUT2D eigenvalue weighted by atomic mass is 16.7. The Kier molecular flexibility index (Phi) is 5.15. The van der Waals surface area contributed by atoms with Crippen molar-refractivity contribution in [1.29, 1.82) is 0 Å². The summed E-state index contributed by atoms with van der Waals surface area (Å²) in [5, 5.41) is 43.6. The van der Waals surface area contributed by atoms with E-state index in [1.165, 1.54) is 13.0 Å². The van der Waals surface area contributed by atoms with Crippen molar-refractivity contribution >= 4 is 17.7 Å². The lowest BCUT2D eigenvalue weighted by atomic mass is 9.38. The lowest BCUT2D eigenvalue weighted by Crippen LogP contribution is -2.78. The molecule has 0 amide bonds. The number of carbonyl (C=O) groups is 3. The van der Waals surface area contributed by atoms with Gasteiger partial charge in [-0.25, -0.2) is 4.79 Å². The van der Waals surface area contributed by atoms with E-state index in [-0.39, 0.29) is 13.0 Å². The predicted octanol–water partition coefficient (Wildman–Crippen LogP) is -0.684. The van der Waals surface area contributed by atoms with Crippen LogP contribution >= 0.6 is 0 Å². The van der Waals surface area contributed by atoms with Gasteiger partial charge in [0, 0.05) is 22.7 Å². The Balaban J connectivity index is 1.69. The fourth-order valence-corrected chi connectivity index (χ4v) is 8.05. The third kappa shape index (κ3) is 2.61. The van der Waals surface area contributed by atoms with Crippen LogP contribution in [0.2, 0.25) is 0 Å². The Morgan fingerprint density at radius 2 is 2.00 bits per heavy atom. The summed E-state index contributed by atoms with van der Waals surface area (Å²) in [4.78, 5) is 38.5. The molecule has 5 aliphatic rings. The first-order valence-corrected chi connectivity index (χ1v) is 11.8. The molecule has 10 nitrogen and oxygen atoms in total. The molecule has 0 aromatic heterocycles. The number of fused-ring (bicyclic) bond motifs is 1. The van der Waals surface area contributed by atoms with Gasteiger partial charge >= 0.3 is 11.9 Å². The molecule has 0 unspecified atom stereocenters. The lowest BCUT2D eigenvalue weighted by Gasteiger charge is -2.68. The Labute approximate surface area is 196 Å².